The van der Waals surface area contributed by atoms with Gasteiger partial charge in [0.25, 0.3) is 0 Å². The van der Waals surface area contributed by atoms with Gasteiger partial charge in [0.2, 0.25) is 5.91 Å². The molecule has 1 aromatic carbocycles. The maximum atomic E-state index is 13.4. The smallest absolute Gasteiger partial charge is 0.231 e. The number of carbonyl (C=O) groups is 1. The first-order chi connectivity index (χ1) is 13.4. The third kappa shape index (κ3) is 3.57. The van der Waals surface area contributed by atoms with Gasteiger partial charge in [-0.1, -0.05) is 11.6 Å². The molecule has 10 heteroatoms. The molecule has 0 spiro atoms. The number of allylic oxidation sites excluding steroid dienone is 2. The lowest BCUT2D eigenvalue weighted by atomic mass is 9.98. The molecule has 5 N–H and O–H groups in total. The Morgan fingerprint density at radius 2 is 2.00 bits per heavy atom. The molecule has 0 bridgehead atoms. The lowest BCUT2D eigenvalue weighted by molar-refractivity contribution is -0.120. The topological polar surface area (TPSA) is 101 Å². The third-order valence-corrected chi connectivity index (χ3v) is 4.89. The van der Waals surface area contributed by atoms with Crippen LogP contribution in [0.5, 0.6) is 0 Å². The van der Waals surface area contributed by atoms with Crippen molar-refractivity contribution in [2.75, 3.05) is 11.4 Å². The summed E-state index contributed by atoms with van der Waals surface area (Å²) in [6.07, 6.45) is 4.60. The Morgan fingerprint density at radius 1 is 1.32 bits per heavy atom. The van der Waals surface area contributed by atoms with Gasteiger partial charge in [-0.15, -0.1) is 0 Å². The zero-order chi connectivity index (χ0) is 20.4. The molecule has 6 nitrogen and oxygen atoms in total. The van der Waals surface area contributed by atoms with E-state index in [1.54, 1.807) is 0 Å². The van der Waals surface area contributed by atoms with E-state index in [4.69, 9.17) is 23.1 Å². The van der Waals surface area contributed by atoms with Gasteiger partial charge in [-0.2, -0.15) is 5.10 Å². The normalized spacial score (nSPS) is 17.9. The Balaban J connectivity index is 1.81. The van der Waals surface area contributed by atoms with Crippen LogP contribution in [-0.4, -0.2) is 22.6 Å². The molecule has 1 fully saturated rings. The Morgan fingerprint density at radius 3 is 2.61 bits per heavy atom. The number of hydrogen-bond acceptors (Lipinski definition) is 4. The molecule has 0 radical (unpaired) electrons. The van der Waals surface area contributed by atoms with Crippen LogP contribution in [-0.2, 0) is 11.2 Å². The molecule has 1 aromatic heterocycles. The van der Waals surface area contributed by atoms with Crippen LogP contribution in [0.1, 0.15) is 17.7 Å². The molecule has 0 aliphatic carbocycles. The number of halogens is 4. The average Bonchev–Trinajstić information content (AvgIpc) is 3.20. The van der Waals surface area contributed by atoms with Gasteiger partial charge in [0.1, 0.15) is 5.02 Å². The second kappa shape index (κ2) is 7.97. The highest BCUT2D eigenvalue weighted by Gasteiger charge is 2.35. The number of benzene rings is 1. The van der Waals surface area contributed by atoms with Crippen molar-refractivity contribution in [3.8, 4) is 0 Å². The minimum Gasteiger partial charge on any atom is -0.405 e. The van der Waals surface area contributed by atoms with Gasteiger partial charge in [0, 0.05) is 24.2 Å². The lowest BCUT2D eigenvalue weighted by Crippen LogP contribution is -2.28. The number of nitrogens with one attached hydrogen (secondary N) is 1. The summed E-state index contributed by atoms with van der Waals surface area (Å²) in [4.78, 5) is 14.1. The number of H-pyrrole nitrogens is 1. The molecule has 1 amide bonds. The fourth-order valence-corrected chi connectivity index (χ4v) is 3.46. The zero-order valence-corrected chi connectivity index (χ0v) is 15.3. The fraction of sp³-hybridized carbons (Fsp3) is 0.222. The van der Waals surface area contributed by atoms with Gasteiger partial charge < -0.3 is 11.5 Å². The molecule has 28 heavy (non-hydrogen) atoms. The third-order valence-electron chi connectivity index (χ3n) is 4.53. The van der Waals surface area contributed by atoms with E-state index in [0.29, 0.717) is 24.2 Å². The quantitative estimate of drug-likeness (QED) is 0.520. The first-order valence-corrected chi connectivity index (χ1v) is 8.74. The van der Waals surface area contributed by atoms with Crippen molar-refractivity contribution in [2.45, 2.75) is 12.8 Å². The van der Waals surface area contributed by atoms with Gasteiger partial charge in [-0.3, -0.25) is 14.8 Å². The Bertz CT molecular complexity index is 949. The predicted molar refractivity (Wildman–Crippen MR) is 99.6 cm³/mol. The number of amides is 1. The molecule has 3 rings (SSSR count). The molecular weight excluding hydrogens is 395 g/mol. The number of carbonyl (C=O) groups excluding carboxylic acids is 1. The second-order valence-electron chi connectivity index (χ2n) is 6.27. The van der Waals surface area contributed by atoms with E-state index in [-0.39, 0.29) is 28.7 Å². The number of anilines is 1. The number of rotatable bonds is 5. The van der Waals surface area contributed by atoms with Gasteiger partial charge >= 0.3 is 0 Å². The van der Waals surface area contributed by atoms with Gasteiger partial charge in [-0.25, -0.2) is 13.2 Å². The van der Waals surface area contributed by atoms with Crippen LogP contribution in [0.3, 0.4) is 0 Å². The maximum absolute atomic E-state index is 13.4. The Hall–Kier alpha value is -2.94. The van der Waals surface area contributed by atoms with E-state index in [9.17, 15) is 18.0 Å². The van der Waals surface area contributed by atoms with Crippen molar-refractivity contribution in [3.63, 3.8) is 0 Å². The van der Waals surface area contributed by atoms with Crippen molar-refractivity contribution in [1.29, 1.82) is 0 Å². The summed E-state index contributed by atoms with van der Waals surface area (Å²) in [6.45, 7) is 0.327. The summed E-state index contributed by atoms with van der Waals surface area (Å²) in [5.74, 6) is -4.70. The van der Waals surface area contributed by atoms with Crippen LogP contribution in [0.15, 0.2) is 30.6 Å². The van der Waals surface area contributed by atoms with Crippen LogP contribution in [0, 0.1) is 23.4 Å². The highest BCUT2D eigenvalue weighted by atomic mass is 35.5. The summed E-state index contributed by atoms with van der Waals surface area (Å²) in [5, 5.41) is 7.01. The molecular formula is C18H17ClF3N5O. The van der Waals surface area contributed by atoms with E-state index in [1.807, 2.05) is 0 Å². The van der Waals surface area contributed by atoms with Crippen LogP contribution >= 0.6 is 11.6 Å². The van der Waals surface area contributed by atoms with Crippen LogP contribution in [0.2, 0.25) is 5.02 Å². The van der Waals surface area contributed by atoms with Gasteiger partial charge in [-0.05, 0) is 42.8 Å². The highest BCUT2D eigenvalue weighted by molar-refractivity contribution is 6.35. The first-order valence-electron chi connectivity index (χ1n) is 8.36. The molecule has 1 atom stereocenters. The Labute approximate surface area is 163 Å². The zero-order valence-electron chi connectivity index (χ0n) is 14.6. The molecule has 1 unspecified atom stereocenters. The SMILES string of the molecule is N/C=C\C(=C/N)c1[nH]nc(N2CCC(Cc3cc(F)c(F)c(F)c3)C2=O)c1Cl. The second-order valence-corrected chi connectivity index (χ2v) is 6.65. The summed E-state index contributed by atoms with van der Waals surface area (Å²) < 4.78 is 39.9. The van der Waals surface area contributed by atoms with Crippen molar-refractivity contribution in [2.24, 2.45) is 17.4 Å². The van der Waals surface area contributed by atoms with E-state index in [0.717, 1.165) is 12.1 Å². The minimum absolute atomic E-state index is 0.0716. The summed E-state index contributed by atoms with van der Waals surface area (Å²) >= 11 is 6.35. The summed E-state index contributed by atoms with van der Waals surface area (Å²) in [5.41, 5.74) is 12.0. The molecule has 1 saturated heterocycles. The van der Waals surface area contributed by atoms with Crippen LogP contribution in [0.4, 0.5) is 19.0 Å². The summed E-state index contributed by atoms with van der Waals surface area (Å²) in [6, 6.07) is 1.79. The highest BCUT2D eigenvalue weighted by Crippen LogP contribution is 2.35. The Kier molecular flexibility index (Phi) is 5.64. The molecule has 1 aliphatic rings. The molecule has 2 heterocycles. The first kappa shape index (κ1) is 19.8. The number of nitrogens with zero attached hydrogens (tertiary/aromatic N) is 2. The monoisotopic (exact) mass is 411 g/mol. The van der Waals surface area contributed by atoms with Gasteiger partial charge in [0.15, 0.2) is 23.3 Å². The summed E-state index contributed by atoms with van der Waals surface area (Å²) in [7, 11) is 0. The molecule has 0 saturated carbocycles. The lowest BCUT2D eigenvalue weighted by Gasteiger charge is -2.14. The number of hydrogen-bond donors (Lipinski definition) is 3. The fourth-order valence-electron chi connectivity index (χ4n) is 3.16. The van der Waals surface area contributed by atoms with E-state index in [1.165, 1.54) is 23.4 Å². The predicted octanol–water partition coefficient (Wildman–Crippen LogP) is 2.85. The van der Waals surface area contributed by atoms with Crippen molar-refractivity contribution in [1.82, 2.24) is 10.2 Å². The van der Waals surface area contributed by atoms with E-state index < -0.39 is 23.4 Å². The molecule has 148 valence electrons. The standard InChI is InChI=1S/C18H17ClF3N5O/c19-14-16(11(8-24)1-3-23)25-26-17(14)27-4-2-10(18(27)28)5-9-6-12(20)15(22)13(21)7-9/h1,3,6-8,10H,2,4-5,23-24H2,(H,25,26)/b3-1-,11-8+. The van der Waals surface area contributed by atoms with Crippen molar-refractivity contribution in [3.05, 3.63) is 64.3 Å². The largest absolute Gasteiger partial charge is 0.405 e. The number of aromatic amines is 1. The minimum atomic E-state index is -1.53. The van der Waals surface area contributed by atoms with Gasteiger partial charge in [0.05, 0.1) is 5.69 Å². The van der Waals surface area contributed by atoms with Crippen LogP contribution in [0.25, 0.3) is 5.57 Å². The number of aromatic nitrogens is 2. The van der Waals surface area contributed by atoms with Crippen molar-refractivity contribution < 1.29 is 18.0 Å². The van der Waals surface area contributed by atoms with Crippen LogP contribution < -0.4 is 16.4 Å². The maximum Gasteiger partial charge on any atom is 0.231 e. The molecule has 1 aliphatic heterocycles. The average molecular weight is 412 g/mol. The van der Waals surface area contributed by atoms with E-state index >= 15 is 0 Å². The molecule has 2 aromatic rings. The van der Waals surface area contributed by atoms with E-state index in [2.05, 4.69) is 10.2 Å². The number of nitrogens with two attached hydrogens (primary N) is 2. The van der Waals surface area contributed by atoms with Crippen molar-refractivity contribution >= 4 is 28.9 Å².